The molecule has 3 N–H and O–H groups in total. The van der Waals surface area contributed by atoms with Crippen LogP contribution in [0, 0.1) is 11.3 Å². The first kappa shape index (κ1) is 21.9. The number of methoxy groups -OCH3 is 1. The third-order valence-corrected chi connectivity index (χ3v) is 4.72. The van der Waals surface area contributed by atoms with Gasteiger partial charge in [-0.05, 0) is 36.8 Å². The average Bonchev–Trinajstić information content (AvgIpc) is 3.26. The van der Waals surface area contributed by atoms with Crippen LogP contribution in [0.15, 0.2) is 42.5 Å². The standard InChI is InChI=1S/C22H24N4O5/c1-14(24-22(28)31-19-8-9-30-13-19)15-4-3-5-17(10-15)25-21(27)26-18-7-6-16(12-23)20(11-18)29-2/h3-7,10-11,14,19H,8-9,13H2,1-2H3,(H,24,28)(H2,25,26,27)/t14-,19+/m0/s1. The predicted molar refractivity (Wildman–Crippen MR) is 114 cm³/mol. The molecule has 0 unspecified atom stereocenters. The number of carbonyl (C=O) groups excluding carboxylic acids is 2. The molecule has 1 aliphatic heterocycles. The van der Waals surface area contributed by atoms with Crippen molar-refractivity contribution < 1.29 is 23.8 Å². The van der Waals surface area contributed by atoms with Crippen LogP contribution in [-0.2, 0) is 9.47 Å². The van der Waals surface area contributed by atoms with E-state index in [2.05, 4.69) is 16.0 Å². The van der Waals surface area contributed by atoms with Gasteiger partial charge in [-0.15, -0.1) is 0 Å². The summed E-state index contributed by atoms with van der Waals surface area (Å²) in [4.78, 5) is 24.4. The fraction of sp³-hybridized carbons (Fsp3) is 0.318. The molecular weight excluding hydrogens is 400 g/mol. The van der Waals surface area contributed by atoms with E-state index in [-0.39, 0.29) is 12.1 Å². The molecule has 2 atom stereocenters. The van der Waals surface area contributed by atoms with Crippen LogP contribution >= 0.6 is 0 Å². The highest BCUT2D eigenvalue weighted by Gasteiger charge is 2.21. The van der Waals surface area contributed by atoms with Crippen molar-refractivity contribution in [2.24, 2.45) is 0 Å². The number of carbonyl (C=O) groups is 2. The Morgan fingerprint density at radius 1 is 1.19 bits per heavy atom. The molecule has 1 aliphatic rings. The van der Waals surface area contributed by atoms with Crippen molar-refractivity contribution in [1.29, 1.82) is 5.26 Å². The van der Waals surface area contributed by atoms with Crippen molar-refractivity contribution in [3.63, 3.8) is 0 Å². The molecule has 1 fully saturated rings. The molecule has 2 aromatic carbocycles. The minimum atomic E-state index is -0.506. The highest BCUT2D eigenvalue weighted by atomic mass is 16.6. The van der Waals surface area contributed by atoms with Crippen molar-refractivity contribution in [2.45, 2.75) is 25.5 Å². The Kier molecular flexibility index (Phi) is 7.30. The summed E-state index contributed by atoms with van der Waals surface area (Å²) < 4.78 is 15.7. The molecule has 0 saturated carbocycles. The lowest BCUT2D eigenvalue weighted by Gasteiger charge is -2.17. The van der Waals surface area contributed by atoms with Gasteiger partial charge in [0.2, 0.25) is 0 Å². The third kappa shape index (κ3) is 6.10. The molecule has 31 heavy (non-hydrogen) atoms. The monoisotopic (exact) mass is 424 g/mol. The highest BCUT2D eigenvalue weighted by molar-refractivity contribution is 6.00. The average molecular weight is 424 g/mol. The lowest BCUT2D eigenvalue weighted by atomic mass is 10.1. The van der Waals surface area contributed by atoms with E-state index in [1.807, 2.05) is 19.1 Å². The van der Waals surface area contributed by atoms with E-state index >= 15 is 0 Å². The molecule has 0 aromatic heterocycles. The van der Waals surface area contributed by atoms with Crippen LogP contribution in [0.4, 0.5) is 21.0 Å². The number of nitrogens with one attached hydrogen (secondary N) is 3. The topological polar surface area (TPSA) is 122 Å². The fourth-order valence-electron chi connectivity index (χ4n) is 3.09. The van der Waals surface area contributed by atoms with Gasteiger partial charge in [0.25, 0.3) is 0 Å². The molecular formula is C22H24N4O5. The number of amides is 3. The van der Waals surface area contributed by atoms with Gasteiger partial charge in [0.15, 0.2) is 0 Å². The molecule has 0 aliphatic carbocycles. The third-order valence-electron chi connectivity index (χ3n) is 4.72. The molecule has 0 bridgehead atoms. The number of nitriles is 1. The number of rotatable bonds is 6. The van der Waals surface area contributed by atoms with Crippen LogP contribution in [0.2, 0.25) is 0 Å². The Morgan fingerprint density at radius 2 is 1.97 bits per heavy atom. The highest BCUT2D eigenvalue weighted by Crippen LogP contribution is 2.23. The van der Waals surface area contributed by atoms with Gasteiger partial charge < -0.3 is 30.2 Å². The number of ether oxygens (including phenoxy) is 3. The maximum Gasteiger partial charge on any atom is 0.407 e. The van der Waals surface area contributed by atoms with Crippen LogP contribution in [0.5, 0.6) is 5.75 Å². The van der Waals surface area contributed by atoms with Crippen molar-refractivity contribution in [3.8, 4) is 11.8 Å². The second-order valence-corrected chi connectivity index (χ2v) is 6.99. The van der Waals surface area contributed by atoms with E-state index in [9.17, 15) is 9.59 Å². The Labute approximate surface area is 180 Å². The summed E-state index contributed by atoms with van der Waals surface area (Å²) in [5.74, 6) is 0.373. The lowest BCUT2D eigenvalue weighted by molar-refractivity contribution is 0.0812. The van der Waals surface area contributed by atoms with Crippen LogP contribution in [0.1, 0.15) is 30.5 Å². The summed E-state index contributed by atoms with van der Waals surface area (Å²) in [7, 11) is 1.46. The summed E-state index contributed by atoms with van der Waals surface area (Å²) in [6.07, 6.45) is -0.0276. The first-order valence-corrected chi connectivity index (χ1v) is 9.79. The minimum absolute atomic E-state index is 0.218. The summed E-state index contributed by atoms with van der Waals surface area (Å²) in [5, 5.41) is 17.3. The van der Waals surface area contributed by atoms with Gasteiger partial charge in [-0.25, -0.2) is 9.59 Å². The summed E-state index contributed by atoms with van der Waals surface area (Å²) in [6, 6.07) is 13.1. The molecule has 9 nitrogen and oxygen atoms in total. The van der Waals surface area contributed by atoms with Gasteiger partial charge >= 0.3 is 12.1 Å². The fourth-order valence-corrected chi connectivity index (χ4v) is 3.09. The van der Waals surface area contributed by atoms with Crippen LogP contribution in [-0.4, -0.2) is 38.6 Å². The predicted octanol–water partition coefficient (Wildman–Crippen LogP) is 3.79. The largest absolute Gasteiger partial charge is 0.495 e. The van der Waals surface area contributed by atoms with Gasteiger partial charge in [0.1, 0.15) is 17.9 Å². The second kappa shape index (κ2) is 10.3. The van der Waals surface area contributed by atoms with E-state index in [1.54, 1.807) is 36.4 Å². The van der Waals surface area contributed by atoms with E-state index in [0.717, 1.165) is 5.56 Å². The first-order chi connectivity index (χ1) is 15.0. The van der Waals surface area contributed by atoms with E-state index < -0.39 is 12.1 Å². The molecule has 162 valence electrons. The van der Waals surface area contributed by atoms with Crippen molar-refractivity contribution in [1.82, 2.24) is 5.32 Å². The molecule has 0 spiro atoms. The first-order valence-electron chi connectivity index (χ1n) is 9.79. The molecule has 3 rings (SSSR count). The van der Waals surface area contributed by atoms with Crippen LogP contribution < -0.4 is 20.7 Å². The molecule has 2 aromatic rings. The number of urea groups is 1. The summed E-state index contributed by atoms with van der Waals surface area (Å²) >= 11 is 0. The quantitative estimate of drug-likeness (QED) is 0.649. The zero-order chi connectivity index (χ0) is 22.2. The maximum atomic E-state index is 12.4. The van der Waals surface area contributed by atoms with Crippen molar-refractivity contribution >= 4 is 23.5 Å². The zero-order valence-corrected chi connectivity index (χ0v) is 17.3. The van der Waals surface area contributed by atoms with Crippen molar-refractivity contribution in [3.05, 3.63) is 53.6 Å². The summed E-state index contributed by atoms with van der Waals surface area (Å²) in [5.41, 5.74) is 2.22. The number of benzene rings is 2. The normalized spacial score (nSPS) is 16.0. The number of anilines is 2. The summed E-state index contributed by atoms with van der Waals surface area (Å²) in [6.45, 7) is 2.84. The van der Waals surface area contributed by atoms with E-state index in [0.29, 0.717) is 42.3 Å². The maximum absolute atomic E-state index is 12.4. The minimum Gasteiger partial charge on any atom is -0.495 e. The van der Waals surface area contributed by atoms with E-state index in [1.165, 1.54) is 7.11 Å². The van der Waals surface area contributed by atoms with Crippen LogP contribution in [0.3, 0.4) is 0 Å². The number of hydrogen-bond acceptors (Lipinski definition) is 6. The SMILES string of the molecule is COc1cc(NC(=O)Nc2cccc([C@H](C)NC(=O)O[C@@H]3CCOC3)c2)ccc1C#N. The molecule has 0 radical (unpaired) electrons. The number of nitrogens with zero attached hydrogens (tertiary/aromatic N) is 1. The molecule has 3 amide bonds. The zero-order valence-electron chi connectivity index (χ0n) is 17.3. The Balaban J connectivity index is 1.57. The molecule has 1 saturated heterocycles. The Morgan fingerprint density at radius 3 is 2.65 bits per heavy atom. The Hall–Kier alpha value is -3.77. The van der Waals surface area contributed by atoms with Crippen molar-refractivity contribution in [2.75, 3.05) is 31.0 Å². The van der Waals surface area contributed by atoms with E-state index in [4.69, 9.17) is 19.5 Å². The van der Waals surface area contributed by atoms with Gasteiger partial charge in [-0.1, -0.05) is 12.1 Å². The number of hydrogen-bond donors (Lipinski definition) is 3. The molecule has 9 heteroatoms. The van der Waals surface area contributed by atoms with Crippen LogP contribution in [0.25, 0.3) is 0 Å². The number of alkyl carbamates (subject to hydrolysis) is 1. The Bertz CT molecular complexity index is 982. The second-order valence-electron chi connectivity index (χ2n) is 6.99. The van der Waals surface area contributed by atoms with Gasteiger partial charge in [0, 0.05) is 23.9 Å². The lowest BCUT2D eigenvalue weighted by Crippen LogP contribution is -2.31. The molecule has 1 heterocycles. The van der Waals surface area contributed by atoms with Gasteiger partial charge in [-0.3, -0.25) is 0 Å². The smallest absolute Gasteiger partial charge is 0.407 e. The van der Waals surface area contributed by atoms with Gasteiger partial charge in [0.05, 0.1) is 31.9 Å². The van der Waals surface area contributed by atoms with Gasteiger partial charge in [-0.2, -0.15) is 5.26 Å².